The first-order valence-corrected chi connectivity index (χ1v) is 8.27. The zero-order chi connectivity index (χ0) is 21.3. The van der Waals surface area contributed by atoms with E-state index in [2.05, 4.69) is 4.98 Å². The summed E-state index contributed by atoms with van der Waals surface area (Å²) in [5.74, 6) is 0.642. The average Bonchev–Trinajstić information content (AvgIpc) is 3.09. The number of furan rings is 1. The number of nitrogens with one attached hydrogen (secondary N) is 1. The summed E-state index contributed by atoms with van der Waals surface area (Å²) in [7, 11) is 0. The molecule has 0 aliphatic carbocycles. The molecule has 0 saturated carbocycles. The second kappa shape index (κ2) is 7.38. The zero-order valence-electron chi connectivity index (χ0n) is 15.2. The fourth-order valence-electron chi connectivity index (χ4n) is 2.75. The molecule has 0 unspecified atom stereocenters. The number of H-pyrrole nitrogens is 1. The molecule has 0 bridgehead atoms. The molecule has 1 aromatic carbocycles. The van der Waals surface area contributed by atoms with E-state index in [4.69, 9.17) is 4.42 Å². The molecule has 29 heavy (non-hydrogen) atoms. The monoisotopic (exact) mass is 405 g/mol. The van der Waals surface area contributed by atoms with Crippen molar-refractivity contribution in [2.24, 2.45) is 0 Å². The van der Waals surface area contributed by atoms with Crippen molar-refractivity contribution in [2.45, 2.75) is 20.0 Å². The van der Waals surface area contributed by atoms with E-state index in [1.165, 1.54) is 18.2 Å². The van der Waals surface area contributed by atoms with Crippen LogP contribution in [-0.4, -0.2) is 14.9 Å². The minimum absolute atomic E-state index is 0.0408. The van der Waals surface area contributed by atoms with Gasteiger partial charge >= 0.3 is 11.9 Å². The van der Waals surface area contributed by atoms with Crippen molar-refractivity contribution in [3.63, 3.8) is 0 Å². The lowest BCUT2D eigenvalue weighted by atomic mass is 10.0. The molecule has 0 amide bonds. The first-order valence-electron chi connectivity index (χ1n) is 8.27. The molecule has 0 aliphatic rings. The van der Waals surface area contributed by atoms with Gasteiger partial charge in [0.1, 0.15) is 17.2 Å². The molecule has 0 saturated heterocycles. The number of hydrogen-bond acceptors (Lipinski definition) is 5. The molecule has 3 aromatic rings. The Labute approximate surface area is 161 Å². The van der Waals surface area contributed by atoms with Crippen LogP contribution in [0.2, 0.25) is 0 Å². The third-order valence-electron chi connectivity index (χ3n) is 4.10. The van der Waals surface area contributed by atoms with Crippen LogP contribution in [0.3, 0.4) is 0 Å². The molecule has 2 aromatic heterocycles. The van der Waals surface area contributed by atoms with E-state index < -0.39 is 22.5 Å². The Morgan fingerprint density at radius 1 is 1.17 bits per heavy atom. The van der Waals surface area contributed by atoms with Crippen molar-refractivity contribution in [3.8, 4) is 11.3 Å². The molecule has 0 atom stereocenters. The Morgan fingerprint density at radius 3 is 2.55 bits per heavy atom. The highest BCUT2D eigenvalue weighted by Gasteiger charge is 2.32. The van der Waals surface area contributed by atoms with Crippen molar-refractivity contribution in [2.75, 3.05) is 0 Å². The number of hydrogen-bond donors (Lipinski definition) is 1. The second-order valence-corrected chi connectivity index (χ2v) is 6.27. The van der Waals surface area contributed by atoms with Crippen molar-refractivity contribution in [1.82, 2.24) is 9.97 Å². The summed E-state index contributed by atoms with van der Waals surface area (Å²) in [6, 6.07) is 7.05. The number of nitro groups is 1. The molecule has 1 N–H and O–H groups in total. The summed E-state index contributed by atoms with van der Waals surface area (Å²) in [5.41, 5.74) is -0.927. The number of aromatic nitrogens is 2. The van der Waals surface area contributed by atoms with Gasteiger partial charge in [-0.2, -0.15) is 18.2 Å². The van der Waals surface area contributed by atoms with E-state index >= 15 is 0 Å². The molecule has 3 rings (SSSR count). The lowest BCUT2D eigenvalue weighted by molar-refractivity contribution is -0.385. The predicted octanol–water partition coefficient (Wildman–Crippen LogP) is 4.74. The molecule has 0 fully saturated rings. The third-order valence-corrected chi connectivity index (χ3v) is 4.10. The molecular formula is C19H14F3N3O4. The summed E-state index contributed by atoms with van der Waals surface area (Å²) >= 11 is 0. The normalized spacial score (nSPS) is 11.9. The quantitative estimate of drug-likeness (QED) is 0.499. The first-order chi connectivity index (χ1) is 13.5. The predicted molar refractivity (Wildman–Crippen MR) is 99.1 cm³/mol. The van der Waals surface area contributed by atoms with Crippen LogP contribution in [0, 0.1) is 24.0 Å². The lowest BCUT2D eigenvalue weighted by Crippen LogP contribution is -2.19. The minimum atomic E-state index is -4.71. The van der Waals surface area contributed by atoms with Gasteiger partial charge in [-0.1, -0.05) is 0 Å². The molecule has 7 nitrogen and oxygen atoms in total. The van der Waals surface area contributed by atoms with Gasteiger partial charge in [0, 0.05) is 17.2 Å². The van der Waals surface area contributed by atoms with Crippen LogP contribution in [0.1, 0.15) is 28.3 Å². The molecule has 150 valence electrons. The van der Waals surface area contributed by atoms with Crippen LogP contribution in [0.25, 0.3) is 23.5 Å². The van der Waals surface area contributed by atoms with E-state index in [0.29, 0.717) is 28.5 Å². The van der Waals surface area contributed by atoms with Crippen LogP contribution in [0.5, 0.6) is 0 Å². The van der Waals surface area contributed by atoms with Crippen LogP contribution in [0.15, 0.2) is 39.5 Å². The van der Waals surface area contributed by atoms with E-state index in [1.807, 2.05) is 0 Å². The van der Waals surface area contributed by atoms with Crippen molar-refractivity contribution in [3.05, 3.63) is 79.2 Å². The Morgan fingerprint density at radius 2 is 1.90 bits per heavy atom. The fraction of sp³-hybridized carbons (Fsp3) is 0.158. The van der Waals surface area contributed by atoms with Gasteiger partial charge < -0.3 is 9.40 Å². The molecule has 2 heterocycles. The van der Waals surface area contributed by atoms with Crippen molar-refractivity contribution < 1.29 is 22.5 Å². The number of benzene rings is 1. The van der Waals surface area contributed by atoms with Gasteiger partial charge in [0.2, 0.25) is 0 Å². The molecule has 0 spiro atoms. The van der Waals surface area contributed by atoms with Crippen LogP contribution >= 0.6 is 0 Å². The minimum Gasteiger partial charge on any atom is -0.457 e. The maximum Gasteiger partial charge on any atom is 0.431 e. The topological polar surface area (TPSA) is 102 Å². The second-order valence-electron chi connectivity index (χ2n) is 6.27. The summed E-state index contributed by atoms with van der Waals surface area (Å²) in [4.78, 5) is 27.2. The van der Waals surface area contributed by atoms with Gasteiger partial charge in [-0.15, -0.1) is 0 Å². The number of halogens is 3. The number of nitro benzene ring substituents is 1. The first kappa shape index (κ1) is 20.1. The largest absolute Gasteiger partial charge is 0.457 e. The van der Waals surface area contributed by atoms with Gasteiger partial charge in [0.05, 0.1) is 10.6 Å². The smallest absolute Gasteiger partial charge is 0.431 e. The third kappa shape index (κ3) is 4.42. The fourth-order valence-corrected chi connectivity index (χ4v) is 2.75. The maximum atomic E-state index is 12.8. The highest BCUT2D eigenvalue weighted by molar-refractivity contribution is 5.71. The Balaban J connectivity index is 1.94. The van der Waals surface area contributed by atoms with E-state index in [-0.39, 0.29) is 17.1 Å². The highest BCUT2D eigenvalue weighted by atomic mass is 19.4. The SMILES string of the molecule is Cc1cc(-c2ccc(C=Cc3cc(C(F)(F)F)[nH]c(=O)n3)o2)c(C)c([N+](=O)[O-])c1. The summed E-state index contributed by atoms with van der Waals surface area (Å²) < 4.78 is 44.0. The van der Waals surface area contributed by atoms with Gasteiger partial charge in [0.15, 0.2) is 0 Å². The molecule has 10 heteroatoms. The van der Waals surface area contributed by atoms with E-state index in [0.717, 1.165) is 0 Å². The number of alkyl halides is 3. The van der Waals surface area contributed by atoms with Gasteiger partial charge in [-0.05, 0) is 55.8 Å². The summed E-state index contributed by atoms with van der Waals surface area (Å²) in [5, 5.41) is 11.2. The van der Waals surface area contributed by atoms with Gasteiger partial charge in [-0.3, -0.25) is 10.1 Å². The molecule has 0 aliphatic heterocycles. The summed E-state index contributed by atoms with van der Waals surface area (Å²) in [6.07, 6.45) is -2.15. The van der Waals surface area contributed by atoms with Gasteiger partial charge in [-0.25, -0.2) is 4.79 Å². The van der Waals surface area contributed by atoms with Crippen molar-refractivity contribution >= 4 is 17.8 Å². The highest BCUT2D eigenvalue weighted by Crippen LogP contribution is 2.33. The van der Waals surface area contributed by atoms with E-state index in [1.54, 1.807) is 37.0 Å². The number of aryl methyl sites for hydroxylation is 1. The number of nitrogens with zero attached hydrogens (tertiary/aromatic N) is 2. The van der Waals surface area contributed by atoms with Crippen LogP contribution in [-0.2, 0) is 6.18 Å². The Bertz CT molecular complexity index is 1180. The number of aromatic amines is 1. The molecular weight excluding hydrogens is 391 g/mol. The molecule has 0 radical (unpaired) electrons. The van der Waals surface area contributed by atoms with Gasteiger partial charge in [0.25, 0.3) is 5.69 Å². The average molecular weight is 405 g/mol. The standard InChI is InChI=1S/C19H14F3N3O4/c1-10-7-14(11(2)15(8-10)25(27)28)16-6-5-13(29-16)4-3-12-9-17(19(20,21)22)24-18(26)23-12/h3-9H,1-2H3,(H,23,24,26). The number of rotatable bonds is 4. The zero-order valence-corrected chi connectivity index (χ0v) is 15.2. The Hall–Kier alpha value is -3.69. The summed E-state index contributed by atoms with van der Waals surface area (Å²) in [6.45, 7) is 3.32. The van der Waals surface area contributed by atoms with Crippen LogP contribution in [0.4, 0.5) is 18.9 Å². The van der Waals surface area contributed by atoms with Crippen molar-refractivity contribution in [1.29, 1.82) is 0 Å². The maximum absolute atomic E-state index is 12.8. The Kier molecular flexibility index (Phi) is 5.10. The lowest BCUT2D eigenvalue weighted by Gasteiger charge is -2.06. The van der Waals surface area contributed by atoms with E-state index in [9.17, 15) is 28.1 Å². The van der Waals surface area contributed by atoms with Crippen LogP contribution < -0.4 is 5.69 Å².